The van der Waals surface area contributed by atoms with Gasteiger partial charge in [-0.15, -0.1) is 0 Å². The van der Waals surface area contributed by atoms with E-state index in [0.717, 1.165) is 35.9 Å². The average molecular weight is 586 g/mol. The molecule has 3 aromatic rings. The molecule has 13 heteroatoms. The summed E-state index contributed by atoms with van der Waals surface area (Å²) in [5, 5.41) is 2.09. The molecule has 3 aromatic carbocycles. The number of ether oxygens (including phenoxy) is 1. The predicted octanol–water partition coefficient (Wildman–Crippen LogP) is 7.62. The fourth-order valence-corrected chi connectivity index (χ4v) is 3.97. The van der Waals surface area contributed by atoms with Gasteiger partial charge in [0.2, 0.25) is 5.67 Å². The van der Waals surface area contributed by atoms with Gasteiger partial charge in [0.25, 0.3) is 11.8 Å². The summed E-state index contributed by atoms with van der Waals surface area (Å²) in [4.78, 5) is 27.3. The highest BCUT2D eigenvalue weighted by Gasteiger charge is 2.53. The van der Waals surface area contributed by atoms with E-state index in [4.69, 9.17) is 0 Å². The summed E-state index contributed by atoms with van der Waals surface area (Å²) in [5.41, 5.74) is -6.43. The van der Waals surface area contributed by atoms with Gasteiger partial charge in [-0.25, -0.2) is 13.2 Å². The maximum Gasteiger partial charge on any atom is 0.426 e. The Morgan fingerprint density at radius 2 is 1.66 bits per heavy atom. The van der Waals surface area contributed by atoms with E-state index in [1.165, 1.54) is 24.3 Å². The van der Waals surface area contributed by atoms with Gasteiger partial charge in [0.1, 0.15) is 11.6 Å². The van der Waals surface area contributed by atoms with Gasteiger partial charge in [-0.1, -0.05) is 12.1 Å². The quantitative estimate of drug-likeness (QED) is 0.263. The first-order valence-electron chi connectivity index (χ1n) is 12.2. The smallest absolute Gasteiger partial charge is 0.426 e. The van der Waals surface area contributed by atoms with Crippen LogP contribution in [0, 0.1) is 17.6 Å². The number of hydrogen-bond acceptors (Lipinski definition) is 3. The van der Waals surface area contributed by atoms with Crippen molar-refractivity contribution < 1.29 is 49.4 Å². The van der Waals surface area contributed by atoms with Gasteiger partial charge in [0.15, 0.2) is 5.82 Å². The van der Waals surface area contributed by atoms with Crippen molar-refractivity contribution in [3.63, 3.8) is 0 Å². The minimum absolute atomic E-state index is 0.0638. The number of benzene rings is 3. The molecule has 1 unspecified atom stereocenters. The summed E-state index contributed by atoms with van der Waals surface area (Å²) >= 11 is 0. The lowest BCUT2D eigenvalue weighted by molar-refractivity contribution is -0.228. The fourth-order valence-electron chi connectivity index (χ4n) is 3.97. The van der Waals surface area contributed by atoms with E-state index in [-0.39, 0.29) is 30.6 Å². The van der Waals surface area contributed by atoms with Crippen molar-refractivity contribution in [3.8, 4) is 5.75 Å². The van der Waals surface area contributed by atoms with Crippen molar-refractivity contribution in [3.05, 3.63) is 89.0 Å². The highest BCUT2D eigenvalue weighted by Crippen LogP contribution is 2.44. The standard InChI is InChI=1S/C28H22F8N2O3/c1-27(33,28(34,35)36)17-9-12-20(22(13-17)41-26(31)32)37-24(39)19-3-2-4-21(23(19)30)38(14-15-5-6-15)25(40)16-7-10-18(29)11-8-16/h2-4,7-13,15,26H,5-6,14H2,1H3,(H,37,39). The second-order valence-electron chi connectivity index (χ2n) is 9.55. The maximum atomic E-state index is 15.7. The van der Waals surface area contributed by atoms with E-state index < -0.39 is 64.5 Å². The molecule has 1 aliphatic carbocycles. The first kappa shape index (κ1) is 29.8. The predicted molar refractivity (Wildman–Crippen MR) is 133 cm³/mol. The van der Waals surface area contributed by atoms with Crippen LogP contribution in [0.1, 0.15) is 46.0 Å². The number of carbonyl (C=O) groups is 2. The second kappa shape index (κ2) is 11.4. The Kier molecular flexibility index (Phi) is 8.27. The van der Waals surface area contributed by atoms with Crippen LogP contribution >= 0.6 is 0 Å². The Balaban J connectivity index is 1.66. The molecule has 1 saturated carbocycles. The zero-order valence-electron chi connectivity index (χ0n) is 21.2. The minimum Gasteiger partial charge on any atom is -0.433 e. The molecule has 1 aliphatic rings. The Morgan fingerprint density at radius 3 is 2.24 bits per heavy atom. The van der Waals surface area contributed by atoms with E-state index in [0.29, 0.717) is 18.2 Å². The van der Waals surface area contributed by atoms with Gasteiger partial charge >= 0.3 is 12.8 Å². The summed E-state index contributed by atoms with van der Waals surface area (Å²) in [7, 11) is 0. The van der Waals surface area contributed by atoms with Crippen LogP contribution < -0.4 is 15.0 Å². The number of amides is 2. The molecule has 0 bridgehead atoms. The number of alkyl halides is 6. The van der Waals surface area contributed by atoms with Gasteiger partial charge in [-0.2, -0.15) is 22.0 Å². The molecule has 0 aliphatic heterocycles. The first-order valence-corrected chi connectivity index (χ1v) is 12.2. The van der Waals surface area contributed by atoms with E-state index in [9.17, 15) is 40.3 Å². The third kappa shape index (κ3) is 6.60. The van der Waals surface area contributed by atoms with Crippen molar-refractivity contribution >= 4 is 23.2 Å². The van der Waals surface area contributed by atoms with Crippen molar-refractivity contribution in [2.45, 2.75) is 38.2 Å². The van der Waals surface area contributed by atoms with Crippen LogP contribution in [0.2, 0.25) is 0 Å². The molecule has 4 rings (SSSR count). The highest BCUT2D eigenvalue weighted by molar-refractivity contribution is 6.09. The van der Waals surface area contributed by atoms with Crippen LogP contribution in [0.3, 0.4) is 0 Å². The Hall–Kier alpha value is -4.16. The number of nitrogens with zero attached hydrogens (tertiary/aromatic N) is 1. The molecule has 0 spiro atoms. The number of hydrogen-bond donors (Lipinski definition) is 1. The third-order valence-electron chi connectivity index (χ3n) is 6.51. The molecule has 0 aromatic heterocycles. The molecule has 0 radical (unpaired) electrons. The molecule has 41 heavy (non-hydrogen) atoms. The monoisotopic (exact) mass is 586 g/mol. The minimum atomic E-state index is -5.39. The van der Waals surface area contributed by atoms with Gasteiger partial charge in [-0.3, -0.25) is 9.59 Å². The molecule has 1 fully saturated rings. The number of anilines is 2. The number of halogens is 8. The van der Waals surface area contributed by atoms with E-state index in [1.54, 1.807) is 0 Å². The number of carbonyl (C=O) groups excluding carboxylic acids is 2. The summed E-state index contributed by atoms with van der Waals surface area (Å²) < 4.78 is 113. The largest absolute Gasteiger partial charge is 0.433 e. The molecule has 1 atom stereocenters. The van der Waals surface area contributed by atoms with Crippen LogP contribution in [0.4, 0.5) is 46.5 Å². The fraction of sp³-hybridized carbons (Fsp3) is 0.286. The average Bonchev–Trinajstić information content (AvgIpc) is 3.72. The number of nitrogens with one attached hydrogen (secondary N) is 1. The lowest BCUT2D eigenvalue weighted by Gasteiger charge is -2.25. The lowest BCUT2D eigenvalue weighted by atomic mass is 9.96. The highest BCUT2D eigenvalue weighted by atomic mass is 19.4. The second-order valence-corrected chi connectivity index (χ2v) is 9.55. The van der Waals surface area contributed by atoms with Crippen molar-refractivity contribution in [1.29, 1.82) is 0 Å². The zero-order valence-corrected chi connectivity index (χ0v) is 21.2. The molecular weight excluding hydrogens is 564 g/mol. The van der Waals surface area contributed by atoms with Crippen LogP contribution in [-0.2, 0) is 5.67 Å². The molecule has 2 amide bonds. The van der Waals surface area contributed by atoms with Crippen LogP contribution in [0.15, 0.2) is 60.7 Å². The normalized spacial score (nSPS) is 14.9. The van der Waals surface area contributed by atoms with Crippen molar-refractivity contribution in [2.75, 3.05) is 16.8 Å². The summed E-state index contributed by atoms with van der Waals surface area (Å²) in [6.07, 6.45) is -3.82. The molecular formula is C28H22F8N2O3. The van der Waals surface area contributed by atoms with E-state index in [2.05, 4.69) is 10.1 Å². The van der Waals surface area contributed by atoms with Crippen LogP contribution in [0.5, 0.6) is 5.75 Å². The van der Waals surface area contributed by atoms with Crippen molar-refractivity contribution in [2.24, 2.45) is 5.92 Å². The molecule has 5 nitrogen and oxygen atoms in total. The molecule has 1 N–H and O–H groups in total. The lowest BCUT2D eigenvalue weighted by Crippen LogP contribution is -2.35. The Labute approximate surface area is 228 Å². The van der Waals surface area contributed by atoms with Crippen molar-refractivity contribution in [1.82, 2.24) is 0 Å². The SMILES string of the molecule is CC(F)(c1ccc(NC(=O)c2cccc(N(CC3CC3)C(=O)c3ccc(F)cc3)c2F)c(OC(F)F)c1)C(F)(F)F. The molecule has 0 heterocycles. The van der Waals surface area contributed by atoms with Gasteiger partial charge in [0.05, 0.1) is 16.9 Å². The van der Waals surface area contributed by atoms with Crippen LogP contribution in [-0.4, -0.2) is 31.1 Å². The van der Waals surface area contributed by atoms with E-state index in [1.807, 2.05) is 0 Å². The van der Waals surface area contributed by atoms with Crippen LogP contribution in [0.25, 0.3) is 0 Å². The molecule has 218 valence electrons. The zero-order chi connectivity index (χ0) is 30.1. The number of rotatable bonds is 9. The summed E-state index contributed by atoms with van der Waals surface area (Å²) in [6, 6.07) is 9.82. The summed E-state index contributed by atoms with van der Waals surface area (Å²) in [5.74, 6) is -4.52. The topological polar surface area (TPSA) is 58.6 Å². The Bertz CT molecular complexity index is 1440. The van der Waals surface area contributed by atoms with Gasteiger partial charge in [0, 0.05) is 17.7 Å². The third-order valence-corrected chi connectivity index (χ3v) is 6.51. The Morgan fingerprint density at radius 1 is 1.00 bits per heavy atom. The van der Waals surface area contributed by atoms with E-state index >= 15 is 4.39 Å². The first-order chi connectivity index (χ1) is 19.2. The summed E-state index contributed by atoms with van der Waals surface area (Å²) in [6.45, 7) is -3.26. The van der Waals surface area contributed by atoms with Gasteiger partial charge < -0.3 is 15.0 Å². The van der Waals surface area contributed by atoms with Gasteiger partial charge in [-0.05, 0) is 74.2 Å². The molecule has 0 saturated heterocycles. The maximum absolute atomic E-state index is 15.7.